The fourth-order valence-corrected chi connectivity index (χ4v) is 1.19. The van der Waals surface area contributed by atoms with Crippen molar-refractivity contribution in [3.05, 3.63) is 28.3 Å². The minimum atomic E-state index is -0.404. The maximum atomic E-state index is 11.1. The Labute approximate surface area is 88.3 Å². The fourth-order valence-electron chi connectivity index (χ4n) is 1.19. The molecule has 1 heterocycles. The molecule has 0 spiro atoms. The lowest BCUT2D eigenvalue weighted by molar-refractivity contribution is 0.279. The molecule has 5 heteroatoms. The SMILES string of the molecule is CNCCN(C)Cc1occc(=O)c1O. The van der Waals surface area contributed by atoms with Crippen LogP contribution in [0.4, 0.5) is 0 Å². The van der Waals surface area contributed by atoms with Crippen molar-refractivity contribution in [3.8, 4) is 5.75 Å². The summed E-state index contributed by atoms with van der Waals surface area (Å²) in [7, 11) is 3.76. The van der Waals surface area contributed by atoms with Crippen LogP contribution in [0.1, 0.15) is 5.76 Å². The summed E-state index contributed by atoms with van der Waals surface area (Å²) in [6.45, 7) is 2.08. The van der Waals surface area contributed by atoms with E-state index in [1.807, 2.05) is 19.0 Å². The average Bonchev–Trinajstić information content (AvgIpc) is 2.22. The van der Waals surface area contributed by atoms with Crippen molar-refractivity contribution in [2.45, 2.75) is 6.54 Å². The molecule has 1 aromatic heterocycles. The summed E-state index contributed by atoms with van der Waals surface area (Å²) in [5.41, 5.74) is -0.404. The van der Waals surface area contributed by atoms with Gasteiger partial charge in [-0.15, -0.1) is 0 Å². The predicted molar refractivity (Wildman–Crippen MR) is 56.9 cm³/mol. The van der Waals surface area contributed by atoms with E-state index < -0.39 is 5.43 Å². The van der Waals surface area contributed by atoms with Gasteiger partial charge in [0.1, 0.15) is 0 Å². The molecular formula is C10H16N2O3. The van der Waals surface area contributed by atoms with Crippen LogP contribution in [0.5, 0.6) is 5.75 Å². The molecule has 0 saturated heterocycles. The highest BCUT2D eigenvalue weighted by Gasteiger charge is 2.09. The molecule has 0 saturated carbocycles. The second-order valence-electron chi connectivity index (χ2n) is 3.40. The maximum Gasteiger partial charge on any atom is 0.226 e. The van der Waals surface area contributed by atoms with Crippen molar-refractivity contribution in [3.63, 3.8) is 0 Å². The van der Waals surface area contributed by atoms with Crippen molar-refractivity contribution in [1.82, 2.24) is 10.2 Å². The van der Waals surface area contributed by atoms with Crippen molar-refractivity contribution >= 4 is 0 Å². The second kappa shape index (κ2) is 5.53. The first-order chi connectivity index (χ1) is 7.15. The first-order valence-corrected chi connectivity index (χ1v) is 4.78. The van der Waals surface area contributed by atoms with E-state index >= 15 is 0 Å². The van der Waals surface area contributed by atoms with Gasteiger partial charge in [-0.05, 0) is 14.1 Å². The van der Waals surface area contributed by atoms with E-state index in [9.17, 15) is 9.90 Å². The summed E-state index contributed by atoms with van der Waals surface area (Å²) in [5, 5.41) is 12.4. The zero-order valence-electron chi connectivity index (χ0n) is 8.99. The molecule has 0 bridgehead atoms. The average molecular weight is 212 g/mol. The van der Waals surface area contributed by atoms with Crippen LogP contribution in [0.2, 0.25) is 0 Å². The second-order valence-corrected chi connectivity index (χ2v) is 3.40. The quantitative estimate of drug-likeness (QED) is 0.719. The molecule has 2 N–H and O–H groups in total. The van der Waals surface area contributed by atoms with E-state index in [0.717, 1.165) is 13.1 Å². The molecule has 5 nitrogen and oxygen atoms in total. The molecule has 1 rings (SSSR count). The molecule has 0 aliphatic rings. The molecule has 0 atom stereocenters. The fraction of sp³-hybridized carbons (Fsp3) is 0.500. The van der Waals surface area contributed by atoms with Gasteiger partial charge in [0.2, 0.25) is 11.2 Å². The molecule has 0 radical (unpaired) electrons. The van der Waals surface area contributed by atoms with Gasteiger partial charge in [-0.25, -0.2) is 0 Å². The Bertz CT molecular complexity index is 362. The number of hydrogen-bond acceptors (Lipinski definition) is 5. The van der Waals surface area contributed by atoms with E-state index in [0.29, 0.717) is 12.3 Å². The zero-order chi connectivity index (χ0) is 11.3. The smallest absolute Gasteiger partial charge is 0.226 e. The minimum Gasteiger partial charge on any atom is -0.502 e. The van der Waals surface area contributed by atoms with Crippen molar-refractivity contribution in [1.29, 1.82) is 0 Å². The van der Waals surface area contributed by atoms with Gasteiger partial charge < -0.3 is 14.8 Å². The Kier molecular flexibility index (Phi) is 4.33. The molecule has 0 unspecified atom stereocenters. The van der Waals surface area contributed by atoms with Gasteiger partial charge in [0.15, 0.2) is 5.76 Å². The highest BCUT2D eigenvalue weighted by Crippen LogP contribution is 2.11. The molecule has 0 aliphatic heterocycles. The van der Waals surface area contributed by atoms with E-state index in [-0.39, 0.29) is 5.75 Å². The van der Waals surface area contributed by atoms with Gasteiger partial charge in [-0.3, -0.25) is 9.69 Å². The standard InChI is InChI=1S/C10H16N2O3/c1-11-4-5-12(2)7-9-10(14)8(13)3-6-15-9/h3,6,11,14H,4-5,7H2,1-2H3. The third-order valence-electron chi connectivity index (χ3n) is 2.08. The van der Waals surface area contributed by atoms with E-state index in [1.165, 1.54) is 12.3 Å². The summed E-state index contributed by atoms with van der Waals surface area (Å²) >= 11 is 0. The molecular weight excluding hydrogens is 196 g/mol. The van der Waals surface area contributed by atoms with Crippen LogP contribution < -0.4 is 10.7 Å². The van der Waals surface area contributed by atoms with Crippen LogP contribution in [-0.2, 0) is 6.54 Å². The topological polar surface area (TPSA) is 65.7 Å². The summed E-state index contributed by atoms with van der Waals surface area (Å²) in [4.78, 5) is 13.0. The third kappa shape index (κ3) is 3.38. The van der Waals surface area contributed by atoms with Gasteiger partial charge in [0.25, 0.3) is 0 Å². The first-order valence-electron chi connectivity index (χ1n) is 4.78. The number of aromatic hydroxyl groups is 1. The van der Waals surface area contributed by atoms with Crippen molar-refractivity contribution in [2.24, 2.45) is 0 Å². The summed E-state index contributed by atoms with van der Waals surface area (Å²) in [6, 6.07) is 1.20. The Morgan fingerprint density at radius 1 is 1.60 bits per heavy atom. The lowest BCUT2D eigenvalue weighted by atomic mass is 10.3. The first kappa shape index (κ1) is 11.7. The van der Waals surface area contributed by atoms with Crippen LogP contribution in [0.3, 0.4) is 0 Å². The zero-order valence-corrected chi connectivity index (χ0v) is 8.99. The van der Waals surface area contributed by atoms with Gasteiger partial charge in [0.05, 0.1) is 12.8 Å². The molecule has 0 aliphatic carbocycles. The van der Waals surface area contributed by atoms with Crippen LogP contribution >= 0.6 is 0 Å². The molecule has 84 valence electrons. The van der Waals surface area contributed by atoms with Crippen LogP contribution in [0.15, 0.2) is 21.5 Å². The lowest BCUT2D eigenvalue weighted by Crippen LogP contribution is -2.27. The number of hydrogen-bond donors (Lipinski definition) is 2. The normalized spacial score (nSPS) is 10.9. The van der Waals surface area contributed by atoms with E-state index in [2.05, 4.69) is 5.32 Å². The van der Waals surface area contributed by atoms with Crippen molar-refractivity contribution < 1.29 is 9.52 Å². The van der Waals surface area contributed by atoms with Crippen LogP contribution in [0.25, 0.3) is 0 Å². The largest absolute Gasteiger partial charge is 0.502 e. The molecule has 0 fully saturated rings. The minimum absolute atomic E-state index is 0.297. The lowest BCUT2D eigenvalue weighted by Gasteiger charge is -2.15. The Morgan fingerprint density at radius 3 is 3.00 bits per heavy atom. The van der Waals surface area contributed by atoms with Gasteiger partial charge in [-0.1, -0.05) is 0 Å². The maximum absolute atomic E-state index is 11.1. The Hall–Kier alpha value is -1.33. The highest BCUT2D eigenvalue weighted by molar-refractivity contribution is 5.22. The number of nitrogens with one attached hydrogen (secondary N) is 1. The number of nitrogens with zero attached hydrogens (tertiary/aromatic N) is 1. The van der Waals surface area contributed by atoms with E-state index in [1.54, 1.807) is 0 Å². The molecule has 15 heavy (non-hydrogen) atoms. The number of likely N-dealkylation sites (N-methyl/N-ethyl adjacent to an activating group) is 2. The van der Waals surface area contributed by atoms with Gasteiger partial charge in [-0.2, -0.15) is 0 Å². The van der Waals surface area contributed by atoms with Gasteiger partial charge >= 0.3 is 0 Å². The van der Waals surface area contributed by atoms with E-state index in [4.69, 9.17) is 4.42 Å². The summed E-state index contributed by atoms with van der Waals surface area (Å²) in [6.07, 6.45) is 1.29. The molecule has 1 aromatic rings. The Morgan fingerprint density at radius 2 is 2.33 bits per heavy atom. The highest BCUT2D eigenvalue weighted by atomic mass is 16.4. The van der Waals surface area contributed by atoms with Crippen molar-refractivity contribution in [2.75, 3.05) is 27.2 Å². The predicted octanol–water partition coefficient (Wildman–Crippen LogP) is -0.00340. The Balaban J connectivity index is 2.64. The monoisotopic (exact) mass is 212 g/mol. The molecule has 0 aromatic carbocycles. The van der Waals surface area contributed by atoms with Crippen LogP contribution in [0, 0.1) is 0 Å². The molecule has 0 amide bonds. The van der Waals surface area contributed by atoms with Crippen LogP contribution in [-0.4, -0.2) is 37.2 Å². The summed E-state index contributed by atoms with van der Waals surface area (Å²) in [5.74, 6) is 0.00918. The third-order valence-corrected chi connectivity index (χ3v) is 2.08. The number of rotatable bonds is 5. The van der Waals surface area contributed by atoms with Gasteiger partial charge in [0, 0.05) is 19.2 Å². The summed E-state index contributed by atoms with van der Waals surface area (Å²) < 4.78 is 5.08.